The van der Waals surface area contributed by atoms with E-state index in [0.29, 0.717) is 5.76 Å². The van der Waals surface area contributed by atoms with Crippen LogP contribution in [0.5, 0.6) is 0 Å². The van der Waals surface area contributed by atoms with E-state index in [-0.39, 0.29) is 5.76 Å². The number of carbonyl (C=O) groups excluding carboxylic acids is 1. The lowest BCUT2D eigenvalue weighted by Gasteiger charge is -2.17. The minimum absolute atomic E-state index is 0.193. The van der Waals surface area contributed by atoms with Gasteiger partial charge in [0.2, 0.25) is 0 Å². The first-order valence-electron chi connectivity index (χ1n) is 6.49. The second kappa shape index (κ2) is 4.80. The molecule has 2 heterocycles. The van der Waals surface area contributed by atoms with Gasteiger partial charge >= 0.3 is 0 Å². The van der Waals surface area contributed by atoms with Crippen molar-refractivity contribution in [2.24, 2.45) is 5.73 Å². The fourth-order valence-electron chi connectivity index (χ4n) is 2.44. The fourth-order valence-corrected chi connectivity index (χ4v) is 2.44. The third-order valence-corrected chi connectivity index (χ3v) is 3.47. The molecule has 0 saturated carbocycles. The number of carbonyl (C=O) groups is 1. The molecule has 19 heavy (non-hydrogen) atoms. The Hall–Kier alpha value is -2.23. The van der Waals surface area contributed by atoms with Crippen molar-refractivity contribution in [2.45, 2.75) is 12.8 Å². The van der Waals surface area contributed by atoms with Gasteiger partial charge in [-0.1, -0.05) is 0 Å². The van der Waals surface area contributed by atoms with Gasteiger partial charge in [0.15, 0.2) is 5.76 Å². The van der Waals surface area contributed by atoms with E-state index >= 15 is 0 Å². The number of benzene rings is 1. The molecule has 0 atom stereocenters. The fraction of sp³-hybridized carbons (Fsp3) is 0.267. The smallest absolute Gasteiger partial charge is 0.284 e. The molecule has 1 aliphatic rings. The first-order valence-corrected chi connectivity index (χ1v) is 6.49. The van der Waals surface area contributed by atoms with Crippen LogP contribution in [0.25, 0.3) is 11.3 Å². The van der Waals surface area contributed by atoms with Gasteiger partial charge in [-0.25, -0.2) is 0 Å². The van der Waals surface area contributed by atoms with Crippen molar-refractivity contribution >= 4 is 11.6 Å². The third-order valence-electron chi connectivity index (χ3n) is 3.47. The lowest BCUT2D eigenvalue weighted by molar-refractivity contribution is 0.0974. The minimum Gasteiger partial charge on any atom is -0.451 e. The molecule has 1 saturated heterocycles. The Labute approximate surface area is 111 Å². The number of amides is 1. The van der Waals surface area contributed by atoms with E-state index in [1.165, 1.54) is 18.5 Å². The van der Waals surface area contributed by atoms with E-state index in [2.05, 4.69) is 17.0 Å². The number of furan rings is 1. The summed E-state index contributed by atoms with van der Waals surface area (Å²) in [7, 11) is 0. The summed E-state index contributed by atoms with van der Waals surface area (Å²) in [5.74, 6) is 0.320. The van der Waals surface area contributed by atoms with E-state index in [0.717, 1.165) is 18.7 Å². The van der Waals surface area contributed by atoms with Crippen LogP contribution >= 0.6 is 0 Å². The Morgan fingerprint density at radius 2 is 1.74 bits per heavy atom. The average molecular weight is 256 g/mol. The highest BCUT2D eigenvalue weighted by Crippen LogP contribution is 2.26. The number of hydrogen-bond donors (Lipinski definition) is 1. The maximum Gasteiger partial charge on any atom is 0.284 e. The van der Waals surface area contributed by atoms with Crippen LogP contribution in [0.4, 0.5) is 5.69 Å². The monoisotopic (exact) mass is 256 g/mol. The molecule has 1 aromatic carbocycles. The molecule has 0 unspecified atom stereocenters. The van der Waals surface area contributed by atoms with Crippen LogP contribution in [-0.2, 0) is 0 Å². The first-order chi connectivity index (χ1) is 9.24. The van der Waals surface area contributed by atoms with Gasteiger partial charge in [0.25, 0.3) is 5.91 Å². The molecule has 1 aromatic heterocycles. The Morgan fingerprint density at radius 3 is 2.32 bits per heavy atom. The van der Waals surface area contributed by atoms with Crippen molar-refractivity contribution in [3.63, 3.8) is 0 Å². The zero-order chi connectivity index (χ0) is 13.2. The van der Waals surface area contributed by atoms with E-state index in [9.17, 15) is 4.79 Å². The van der Waals surface area contributed by atoms with E-state index in [1.807, 2.05) is 12.1 Å². The van der Waals surface area contributed by atoms with Gasteiger partial charge in [0, 0.05) is 24.3 Å². The van der Waals surface area contributed by atoms with Crippen LogP contribution in [0.2, 0.25) is 0 Å². The Balaban J connectivity index is 1.82. The van der Waals surface area contributed by atoms with Crippen LogP contribution in [0.1, 0.15) is 23.4 Å². The van der Waals surface area contributed by atoms with Gasteiger partial charge < -0.3 is 15.1 Å². The Kier molecular flexibility index (Phi) is 2.99. The van der Waals surface area contributed by atoms with E-state index in [1.54, 1.807) is 12.1 Å². The summed E-state index contributed by atoms with van der Waals surface area (Å²) in [6.45, 7) is 2.26. The minimum atomic E-state index is -0.542. The Bertz CT molecular complexity index is 580. The largest absolute Gasteiger partial charge is 0.451 e. The molecule has 0 aliphatic carbocycles. The number of nitrogens with two attached hydrogens (primary N) is 1. The molecular formula is C15H16N2O2. The summed E-state index contributed by atoms with van der Waals surface area (Å²) >= 11 is 0. The van der Waals surface area contributed by atoms with E-state index in [4.69, 9.17) is 10.2 Å². The highest BCUT2D eigenvalue weighted by molar-refractivity contribution is 5.90. The van der Waals surface area contributed by atoms with Gasteiger partial charge in [0.1, 0.15) is 5.76 Å². The standard InChI is InChI=1S/C15H16N2O2/c16-15(18)14-8-7-13(19-14)11-3-5-12(6-4-11)17-9-1-2-10-17/h3-8H,1-2,9-10H2,(H2,16,18). The lowest BCUT2D eigenvalue weighted by atomic mass is 10.1. The molecule has 98 valence electrons. The SMILES string of the molecule is NC(=O)c1ccc(-c2ccc(N3CCCC3)cc2)o1. The molecule has 1 aliphatic heterocycles. The van der Waals surface area contributed by atoms with Crippen molar-refractivity contribution in [3.05, 3.63) is 42.2 Å². The van der Waals surface area contributed by atoms with Crippen LogP contribution in [0.3, 0.4) is 0 Å². The second-order valence-electron chi connectivity index (χ2n) is 4.77. The predicted molar refractivity (Wildman–Crippen MR) is 74.1 cm³/mol. The first kappa shape index (κ1) is 11.8. The summed E-state index contributed by atoms with van der Waals surface area (Å²) < 4.78 is 5.41. The van der Waals surface area contributed by atoms with Gasteiger partial charge in [-0.2, -0.15) is 0 Å². The zero-order valence-corrected chi connectivity index (χ0v) is 10.6. The number of rotatable bonds is 3. The van der Waals surface area contributed by atoms with Crippen molar-refractivity contribution in [3.8, 4) is 11.3 Å². The molecule has 4 nitrogen and oxygen atoms in total. The molecule has 2 N–H and O–H groups in total. The number of primary amides is 1. The van der Waals surface area contributed by atoms with Crippen molar-refractivity contribution in [1.29, 1.82) is 0 Å². The topological polar surface area (TPSA) is 59.5 Å². The van der Waals surface area contributed by atoms with Gasteiger partial charge in [-0.05, 0) is 49.2 Å². The van der Waals surface area contributed by atoms with Crippen LogP contribution in [0, 0.1) is 0 Å². The zero-order valence-electron chi connectivity index (χ0n) is 10.6. The summed E-state index contributed by atoms with van der Waals surface area (Å²) in [6, 6.07) is 11.6. The molecule has 0 bridgehead atoms. The van der Waals surface area contributed by atoms with Gasteiger partial charge in [-0.3, -0.25) is 4.79 Å². The van der Waals surface area contributed by atoms with E-state index < -0.39 is 5.91 Å². The molecule has 0 spiro atoms. The summed E-state index contributed by atoms with van der Waals surface area (Å²) in [5.41, 5.74) is 7.37. The summed E-state index contributed by atoms with van der Waals surface area (Å²) in [4.78, 5) is 13.4. The molecule has 1 amide bonds. The van der Waals surface area contributed by atoms with Gasteiger partial charge in [0.05, 0.1) is 0 Å². The van der Waals surface area contributed by atoms with Crippen LogP contribution < -0.4 is 10.6 Å². The molecule has 3 rings (SSSR count). The van der Waals surface area contributed by atoms with Crippen LogP contribution in [-0.4, -0.2) is 19.0 Å². The van der Waals surface area contributed by atoms with Gasteiger partial charge in [-0.15, -0.1) is 0 Å². The molecular weight excluding hydrogens is 240 g/mol. The number of anilines is 1. The molecule has 2 aromatic rings. The highest BCUT2D eigenvalue weighted by atomic mass is 16.3. The van der Waals surface area contributed by atoms with Crippen molar-refractivity contribution in [2.75, 3.05) is 18.0 Å². The Morgan fingerprint density at radius 1 is 1.05 bits per heavy atom. The normalized spacial score (nSPS) is 14.8. The maximum atomic E-state index is 11.0. The second-order valence-corrected chi connectivity index (χ2v) is 4.77. The maximum absolute atomic E-state index is 11.0. The van der Waals surface area contributed by atoms with Crippen LogP contribution in [0.15, 0.2) is 40.8 Å². The lowest BCUT2D eigenvalue weighted by Crippen LogP contribution is -2.17. The molecule has 4 heteroatoms. The third kappa shape index (κ3) is 2.34. The number of nitrogens with zero attached hydrogens (tertiary/aromatic N) is 1. The molecule has 0 radical (unpaired) electrons. The van der Waals surface area contributed by atoms with Crippen molar-refractivity contribution in [1.82, 2.24) is 0 Å². The average Bonchev–Trinajstić information content (AvgIpc) is 3.11. The highest BCUT2D eigenvalue weighted by Gasteiger charge is 2.13. The van der Waals surface area contributed by atoms with Crippen molar-refractivity contribution < 1.29 is 9.21 Å². The predicted octanol–water partition coefficient (Wildman–Crippen LogP) is 2.65. The molecule has 1 fully saturated rings. The summed E-state index contributed by atoms with van der Waals surface area (Å²) in [5, 5.41) is 0. The number of hydrogen-bond acceptors (Lipinski definition) is 3. The quantitative estimate of drug-likeness (QED) is 0.918. The summed E-state index contributed by atoms with van der Waals surface area (Å²) in [6.07, 6.45) is 2.53.